The van der Waals surface area contributed by atoms with Crippen LogP contribution >= 0.6 is 11.3 Å². The summed E-state index contributed by atoms with van der Waals surface area (Å²) in [6.45, 7) is -1.49. The van der Waals surface area contributed by atoms with Crippen LogP contribution in [0.4, 0.5) is 8.78 Å². The molecule has 1 aliphatic rings. The fourth-order valence-electron chi connectivity index (χ4n) is 2.60. The van der Waals surface area contributed by atoms with Gasteiger partial charge in [-0.1, -0.05) is 19.3 Å². The molecule has 0 unspecified atom stereocenters. The number of carbonyl (C=O) groups is 2. The highest BCUT2D eigenvalue weighted by Crippen LogP contribution is 2.30. The van der Waals surface area contributed by atoms with Crippen LogP contribution in [-0.4, -0.2) is 31.0 Å². The zero-order valence-electron chi connectivity index (χ0n) is 12.9. The number of ether oxygens (including phenoxy) is 1. The van der Waals surface area contributed by atoms with Crippen LogP contribution in [0.2, 0.25) is 0 Å². The third-order valence-corrected chi connectivity index (χ3v) is 4.65. The van der Waals surface area contributed by atoms with Crippen LogP contribution in [0.3, 0.4) is 0 Å². The van der Waals surface area contributed by atoms with E-state index >= 15 is 0 Å². The SMILES string of the molecule is Cc1cc(OC(F)F)c(C(=O)NCC(=O)NC2CCCCC2)s1. The molecule has 5 nitrogen and oxygen atoms in total. The van der Waals surface area contributed by atoms with Crippen LogP contribution in [0.15, 0.2) is 6.07 Å². The van der Waals surface area contributed by atoms with E-state index in [2.05, 4.69) is 15.4 Å². The van der Waals surface area contributed by atoms with Gasteiger partial charge in [-0.25, -0.2) is 0 Å². The molecule has 128 valence electrons. The number of carbonyl (C=O) groups excluding carboxylic acids is 2. The Balaban J connectivity index is 1.85. The van der Waals surface area contributed by atoms with Crippen molar-refractivity contribution in [3.05, 3.63) is 15.8 Å². The minimum Gasteiger partial charge on any atom is -0.433 e. The van der Waals surface area contributed by atoms with Crippen molar-refractivity contribution in [3.63, 3.8) is 0 Å². The lowest BCUT2D eigenvalue weighted by molar-refractivity contribution is -0.121. The summed E-state index contributed by atoms with van der Waals surface area (Å²) in [4.78, 5) is 24.6. The van der Waals surface area contributed by atoms with Gasteiger partial charge in [-0.2, -0.15) is 8.78 Å². The van der Waals surface area contributed by atoms with Crippen molar-refractivity contribution < 1.29 is 23.1 Å². The quantitative estimate of drug-likeness (QED) is 0.832. The summed E-state index contributed by atoms with van der Waals surface area (Å²) < 4.78 is 29.0. The summed E-state index contributed by atoms with van der Waals surface area (Å²) in [5.74, 6) is -1.01. The lowest BCUT2D eigenvalue weighted by Gasteiger charge is -2.22. The highest BCUT2D eigenvalue weighted by molar-refractivity contribution is 7.14. The number of hydrogen-bond acceptors (Lipinski definition) is 4. The van der Waals surface area contributed by atoms with Crippen LogP contribution in [-0.2, 0) is 4.79 Å². The number of thiophene rings is 1. The number of aryl methyl sites for hydroxylation is 1. The highest BCUT2D eigenvalue weighted by atomic mass is 32.1. The molecule has 23 heavy (non-hydrogen) atoms. The van der Waals surface area contributed by atoms with Crippen LogP contribution < -0.4 is 15.4 Å². The molecule has 0 bridgehead atoms. The van der Waals surface area contributed by atoms with Gasteiger partial charge >= 0.3 is 6.61 Å². The predicted octanol–water partition coefficient (Wildman–Crippen LogP) is 2.84. The summed E-state index contributed by atoms with van der Waals surface area (Å²) in [5, 5.41) is 5.33. The fraction of sp³-hybridized carbons (Fsp3) is 0.600. The lowest BCUT2D eigenvalue weighted by Crippen LogP contribution is -2.42. The van der Waals surface area contributed by atoms with Gasteiger partial charge in [-0.15, -0.1) is 11.3 Å². The minimum atomic E-state index is -3.00. The van der Waals surface area contributed by atoms with E-state index in [1.165, 1.54) is 12.5 Å². The summed E-state index contributed by atoms with van der Waals surface area (Å²) in [6.07, 6.45) is 5.29. The summed E-state index contributed by atoms with van der Waals surface area (Å²) >= 11 is 1.05. The Hall–Kier alpha value is -1.70. The predicted molar refractivity (Wildman–Crippen MR) is 83.0 cm³/mol. The second-order valence-electron chi connectivity index (χ2n) is 5.51. The van der Waals surface area contributed by atoms with Crippen molar-refractivity contribution in [2.45, 2.75) is 51.7 Å². The van der Waals surface area contributed by atoms with Crippen LogP contribution in [0, 0.1) is 6.92 Å². The van der Waals surface area contributed by atoms with Crippen molar-refractivity contribution in [3.8, 4) is 5.75 Å². The number of halogens is 2. The maximum absolute atomic E-state index is 12.3. The van der Waals surface area contributed by atoms with E-state index in [1.807, 2.05) is 0 Å². The van der Waals surface area contributed by atoms with Crippen molar-refractivity contribution >= 4 is 23.2 Å². The molecule has 1 heterocycles. The zero-order chi connectivity index (χ0) is 16.8. The van der Waals surface area contributed by atoms with Gasteiger partial charge in [0.2, 0.25) is 5.91 Å². The summed E-state index contributed by atoms with van der Waals surface area (Å²) in [7, 11) is 0. The molecule has 2 amide bonds. The van der Waals surface area contributed by atoms with E-state index in [9.17, 15) is 18.4 Å². The van der Waals surface area contributed by atoms with E-state index in [4.69, 9.17) is 0 Å². The van der Waals surface area contributed by atoms with Crippen molar-refractivity contribution in [1.82, 2.24) is 10.6 Å². The summed E-state index contributed by atoms with van der Waals surface area (Å²) in [5.41, 5.74) is 0. The first kappa shape index (κ1) is 17.7. The second-order valence-corrected chi connectivity index (χ2v) is 6.77. The summed E-state index contributed by atoms with van der Waals surface area (Å²) in [6, 6.07) is 1.54. The van der Waals surface area contributed by atoms with E-state index < -0.39 is 12.5 Å². The van der Waals surface area contributed by atoms with Gasteiger partial charge in [0.15, 0.2) is 0 Å². The molecule has 0 aliphatic heterocycles. The van der Waals surface area contributed by atoms with Gasteiger partial charge in [-0.05, 0) is 25.8 Å². The molecule has 1 saturated carbocycles. The first-order chi connectivity index (χ1) is 11.0. The van der Waals surface area contributed by atoms with E-state index in [-0.39, 0.29) is 29.1 Å². The second kappa shape index (κ2) is 8.24. The molecule has 0 atom stereocenters. The van der Waals surface area contributed by atoms with Gasteiger partial charge in [-0.3, -0.25) is 9.59 Å². The average molecular weight is 346 g/mol. The van der Waals surface area contributed by atoms with Crippen LogP contribution in [0.5, 0.6) is 5.75 Å². The molecule has 8 heteroatoms. The van der Waals surface area contributed by atoms with E-state index in [0.29, 0.717) is 4.88 Å². The molecule has 0 aromatic carbocycles. The van der Waals surface area contributed by atoms with E-state index in [1.54, 1.807) is 6.92 Å². The maximum atomic E-state index is 12.3. The van der Waals surface area contributed by atoms with Crippen LogP contribution in [0.25, 0.3) is 0 Å². The standard InChI is InChI=1S/C15H20F2N2O3S/c1-9-7-11(22-15(16)17)13(23-9)14(21)18-8-12(20)19-10-5-3-2-4-6-10/h7,10,15H,2-6,8H2,1H3,(H,18,21)(H,19,20). The third kappa shape index (κ3) is 5.46. The number of amides is 2. The smallest absolute Gasteiger partial charge is 0.387 e. The topological polar surface area (TPSA) is 67.4 Å². The van der Waals surface area contributed by atoms with Crippen molar-refractivity contribution in [2.75, 3.05) is 6.54 Å². The maximum Gasteiger partial charge on any atom is 0.387 e. The molecular weight excluding hydrogens is 326 g/mol. The molecule has 1 fully saturated rings. The number of nitrogens with one attached hydrogen (secondary N) is 2. The lowest BCUT2D eigenvalue weighted by atomic mass is 9.95. The molecule has 2 rings (SSSR count). The minimum absolute atomic E-state index is 0.0493. The van der Waals surface area contributed by atoms with Gasteiger partial charge in [0.1, 0.15) is 10.6 Å². The van der Waals surface area contributed by atoms with Crippen molar-refractivity contribution in [1.29, 1.82) is 0 Å². The molecule has 0 spiro atoms. The molecule has 1 aromatic rings. The van der Waals surface area contributed by atoms with Crippen molar-refractivity contribution in [2.24, 2.45) is 0 Å². The first-order valence-electron chi connectivity index (χ1n) is 7.58. The monoisotopic (exact) mass is 346 g/mol. The number of hydrogen-bond donors (Lipinski definition) is 2. The normalized spacial score (nSPS) is 15.5. The van der Waals surface area contributed by atoms with Crippen LogP contribution in [0.1, 0.15) is 46.7 Å². The molecule has 2 N–H and O–H groups in total. The Kier molecular flexibility index (Phi) is 6.32. The Bertz CT molecular complexity index is 557. The molecule has 0 radical (unpaired) electrons. The molecule has 1 aliphatic carbocycles. The molecule has 0 saturated heterocycles. The van der Waals surface area contributed by atoms with Gasteiger partial charge < -0.3 is 15.4 Å². The fourth-order valence-corrected chi connectivity index (χ4v) is 3.46. The largest absolute Gasteiger partial charge is 0.433 e. The Morgan fingerprint density at radius 3 is 2.70 bits per heavy atom. The molecule has 1 aromatic heterocycles. The van der Waals surface area contributed by atoms with E-state index in [0.717, 1.165) is 37.0 Å². The Labute approximate surface area is 137 Å². The van der Waals surface area contributed by atoms with Gasteiger partial charge in [0, 0.05) is 10.9 Å². The van der Waals surface area contributed by atoms with Gasteiger partial charge in [0.05, 0.1) is 6.54 Å². The average Bonchev–Trinajstić information content (AvgIpc) is 2.85. The first-order valence-corrected chi connectivity index (χ1v) is 8.40. The number of alkyl halides is 2. The Morgan fingerprint density at radius 1 is 1.35 bits per heavy atom. The zero-order valence-corrected chi connectivity index (χ0v) is 13.7. The third-order valence-electron chi connectivity index (χ3n) is 3.62. The van der Waals surface area contributed by atoms with Gasteiger partial charge in [0.25, 0.3) is 5.91 Å². The Morgan fingerprint density at radius 2 is 2.04 bits per heavy atom. The molecular formula is C15H20F2N2O3S. The highest BCUT2D eigenvalue weighted by Gasteiger charge is 2.20. The number of rotatable bonds is 6.